The Kier molecular flexibility index (Phi) is 6.17. The summed E-state index contributed by atoms with van der Waals surface area (Å²) in [5, 5.41) is 5.05. The second-order valence-electron chi connectivity index (χ2n) is 6.83. The van der Waals surface area contributed by atoms with Crippen LogP contribution in [0.25, 0.3) is 0 Å². The Morgan fingerprint density at radius 2 is 1.83 bits per heavy atom. The molecule has 0 aromatic heterocycles. The number of aryl methyl sites for hydroxylation is 1. The van der Waals surface area contributed by atoms with Gasteiger partial charge in [0.1, 0.15) is 5.82 Å². The Bertz CT molecular complexity index is 1020. The molecule has 0 radical (unpaired) electrons. The molecule has 1 saturated heterocycles. The Balaban J connectivity index is 1.60. The number of amides is 2. The summed E-state index contributed by atoms with van der Waals surface area (Å²) in [6.07, 6.45) is 1.01. The Labute approximate surface area is 169 Å². The van der Waals surface area contributed by atoms with Crippen LogP contribution in [0, 0.1) is 12.7 Å². The van der Waals surface area contributed by atoms with Gasteiger partial charge in [0.15, 0.2) is 0 Å². The van der Waals surface area contributed by atoms with Crippen LogP contribution in [0.15, 0.2) is 42.5 Å². The molecule has 1 fully saturated rings. The third-order valence-corrected chi connectivity index (χ3v) is 6.54. The van der Waals surface area contributed by atoms with E-state index in [1.807, 2.05) is 0 Å². The lowest BCUT2D eigenvalue weighted by Gasteiger charge is -2.19. The predicted octanol–water partition coefficient (Wildman–Crippen LogP) is 1.97. The van der Waals surface area contributed by atoms with Crippen molar-refractivity contribution in [1.82, 2.24) is 5.32 Å². The van der Waals surface area contributed by atoms with Crippen molar-refractivity contribution in [3.63, 3.8) is 0 Å². The fourth-order valence-corrected chi connectivity index (χ4v) is 4.62. The fourth-order valence-electron chi connectivity index (χ4n) is 3.06. The van der Waals surface area contributed by atoms with E-state index in [9.17, 15) is 22.4 Å². The summed E-state index contributed by atoms with van der Waals surface area (Å²) in [5.41, 5.74) is 2.38. The molecule has 7 nitrogen and oxygen atoms in total. The monoisotopic (exact) mass is 419 g/mol. The van der Waals surface area contributed by atoms with Gasteiger partial charge >= 0.3 is 11.8 Å². The minimum Gasteiger partial charge on any atom is -0.347 e. The Morgan fingerprint density at radius 3 is 2.48 bits per heavy atom. The summed E-state index contributed by atoms with van der Waals surface area (Å²) >= 11 is 0. The molecule has 0 unspecified atom stereocenters. The molecule has 154 valence electrons. The van der Waals surface area contributed by atoms with E-state index in [1.54, 1.807) is 37.3 Å². The van der Waals surface area contributed by atoms with E-state index < -0.39 is 21.8 Å². The lowest BCUT2D eigenvalue weighted by Crippen LogP contribution is -2.36. The molecule has 1 heterocycles. The number of anilines is 2. The van der Waals surface area contributed by atoms with E-state index in [0.29, 0.717) is 36.3 Å². The zero-order valence-electron chi connectivity index (χ0n) is 15.9. The van der Waals surface area contributed by atoms with Crippen LogP contribution in [0.4, 0.5) is 15.8 Å². The number of nitrogens with one attached hydrogen (secondary N) is 2. The van der Waals surface area contributed by atoms with Crippen molar-refractivity contribution in [2.75, 3.05) is 28.5 Å². The second kappa shape index (κ2) is 8.60. The van der Waals surface area contributed by atoms with Crippen molar-refractivity contribution in [3.8, 4) is 0 Å². The average molecular weight is 419 g/mol. The molecule has 2 aromatic carbocycles. The minimum absolute atomic E-state index is 0.0963. The molecule has 0 saturated carbocycles. The lowest BCUT2D eigenvalue weighted by molar-refractivity contribution is -0.136. The zero-order valence-corrected chi connectivity index (χ0v) is 16.8. The van der Waals surface area contributed by atoms with Crippen molar-refractivity contribution >= 4 is 33.2 Å². The normalized spacial score (nSPS) is 15.2. The standard InChI is InChI=1S/C20H22FN3O4S/c1-14-3-8-17(24-11-2-12-29(24,27)28)13-18(14)23-20(26)19(25)22-10-9-15-4-6-16(21)7-5-15/h3-8,13H,2,9-12H2,1H3,(H,22,25)(H,23,26). The van der Waals surface area contributed by atoms with E-state index >= 15 is 0 Å². The molecule has 2 amide bonds. The van der Waals surface area contributed by atoms with Gasteiger partial charge in [-0.25, -0.2) is 12.8 Å². The highest BCUT2D eigenvalue weighted by atomic mass is 32.2. The predicted molar refractivity (Wildman–Crippen MR) is 109 cm³/mol. The van der Waals surface area contributed by atoms with Gasteiger partial charge in [0, 0.05) is 18.8 Å². The Hall–Kier alpha value is -2.94. The summed E-state index contributed by atoms with van der Waals surface area (Å²) in [6.45, 7) is 2.37. The molecular weight excluding hydrogens is 397 g/mol. The maximum atomic E-state index is 12.9. The van der Waals surface area contributed by atoms with Crippen molar-refractivity contribution in [3.05, 3.63) is 59.4 Å². The number of rotatable bonds is 5. The van der Waals surface area contributed by atoms with Gasteiger partial charge < -0.3 is 10.6 Å². The van der Waals surface area contributed by atoms with E-state index in [4.69, 9.17) is 0 Å². The summed E-state index contributed by atoms with van der Waals surface area (Å²) in [6, 6.07) is 10.8. The number of hydrogen-bond acceptors (Lipinski definition) is 4. The Morgan fingerprint density at radius 1 is 1.10 bits per heavy atom. The molecule has 0 spiro atoms. The molecule has 0 bridgehead atoms. The highest BCUT2D eigenvalue weighted by molar-refractivity contribution is 7.93. The van der Waals surface area contributed by atoms with E-state index in [1.165, 1.54) is 16.4 Å². The maximum Gasteiger partial charge on any atom is 0.313 e. The van der Waals surface area contributed by atoms with Gasteiger partial charge in [0.05, 0.1) is 11.4 Å². The molecule has 9 heteroatoms. The van der Waals surface area contributed by atoms with Gasteiger partial charge in [-0.2, -0.15) is 0 Å². The van der Waals surface area contributed by atoms with Gasteiger partial charge in [-0.3, -0.25) is 13.9 Å². The van der Waals surface area contributed by atoms with Gasteiger partial charge in [-0.15, -0.1) is 0 Å². The highest BCUT2D eigenvalue weighted by Crippen LogP contribution is 2.28. The number of hydrogen-bond donors (Lipinski definition) is 2. The first-order valence-corrected chi connectivity index (χ1v) is 10.8. The number of carbonyl (C=O) groups excluding carboxylic acids is 2. The van der Waals surface area contributed by atoms with Crippen LogP contribution in [0.5, 0.6) is 0 Å². The van der Waals surface area contributed by atoms with Crippen LogP contribution in [0.3, 0.4) is 0 Å². The number of halogens is 1. The first-order chi connectivity index (χ1) is 13.8. The molecule has 0 aliphatic carbocycles. The molecule has 0 atom stereocenters. The maximum absolute atomic E-state index is 12.9. The third-order valence-electron chi connectivity index (χ3n) is 4.68. The highest BCUT2D eigenvalue weighted by Gasteiger charge is 2.28. The van der Waals surface area contributed by atoms with Crippen LogP contribution >= 0.6 is 0 Å². The number of carbonyl (C=O) groups is 2. The third kappa shape index (κ3) is 5.11. The summed E-state index contributed by atoms with van der Waals surface area (Å²) in [5.74, 6) is -1.88. The molecule has 1 aliphatic rings. The van der Waals surface area contributed by atoms with Crippen molar-refractivity contribution in [2.24, 2.45) is 0 Å². The van der Waals surface area contributed by atoms with Gasteiger partial charge in [0.25, 0.3) is 0 Å². The fraction of sp³-hybridized carbons (Fsp3) is 0.300. The molecule has 3 rings (SSSR count). The quantitative estimate of drug-likeness (QED) is 0.725. The molecule has 2 aromatic rings. The summed E-state index contributed by atoms with van der Waals surface area (Å²) < 4.78 is 38.4. The number of benzene rings is 2. The molecular formula is C20H22FN3O4S. The first kappa shape index (κ1) is 20.8. The van der Waals surface area contributed by atoms with Crippen molar-refractivity contribution < 1.29 is 22.4 Å². The minimum atomic E-state index is -3.34. The van der Waals surface area contributed by atoms with Crippen LogP contribution in [-0.2, 0) is 26.0 Å². The molecule has 1 aliphatic heterocycles. The first-order valence-electron chi connectivity index (χ1n) is 9.21. The lowest BCUT2D eigenvalue weighted by atomic mass is 10.1. The van der Waals surface area contributed by atoms with E-state index in [-0.39, 0.29) is 18.1 Å². The van der Waals surface area contributed by atoms with E-state index in [0.717, 1.165) is 5.56 Å². The van der Waals surface area contributed by atoms with Crippen molar-refractivity contribution in [1.29, 1.82) is 0 Å². The average Bonchev–Trinajstić information content (AvgIpc) is 3.04. The smallest absolute Gasteiger partial charge is 0.313 e. The van der Waals surface area contributed by atoms with Crippen LogP contribution in [0.2, 0.25) is 0 Å². The zero-order chi connectivity index (χ0) is 21.0. The molecule has 29 heavy (non-hydrogen) atoms. The second-order valence-corrected chi connectivity index (χ2v) is 8.84. The number of sulfonamides is 1. The number of nitrogens with zero attached hydrogens (tertiary/aromatic N) is 1. The van der Waals surface area contributed by atoms with Crippen molar-refractivity contribution in [2.45, 2.75) is 19.8 Å². The molecule has 2 N–H and O–H groups in total. The van der Waals surface area contributed by atoms with Crippen LogP contribution in [0.1, 0.15) is 17.5 Å². The largest absolute Gasteiger partial charge is 0.347 e. The van der Waals surface area contributed by atoms with E-state index in [2.05, 4.69) is 10.6 Å². The van der Waals surface area contributed by atoms with Gasteiger partial charge in [-0.1, -0.05) is 18.2 Å². The van der Waals surface area contributed by atoms with Crippen LogP contribution < -0.4 is 14.9 Å². The summed E-state index contributed by atoms with van der Waals surface area (Å²) in [7, 11) is -3.34. The van der Waals surface area contributed by atoms with Crippen LogP contribution in [-0.4, -0.2) is 39.1 Å². The van der Waals surface area contributed by atoms with Gasteiger partial charge in [0.2, 0.25) is 10.0 Å². The SMILES string of the molecule is Cc1ccc(N2CCCS2(=O)=O)cc1NC(=O)C(=O)NCCc1ccc(F)cc1. The topological polar surface area (TPSA) is 95.6 Å². The van der Waals surface area contributed by atoms with Gasteiger partial charge in [-0.05, 0) is 55.2 Å². The summed E-state index contributed by atoms with van der Waals surface area (Å²) in [4.78, 5) is 24.3.